The molecule has 0 saturated carbocycles. The van der Waals surface area contributed by atoms with Crippen molar-refractivity contribution in [2.75, 3.05) is 7.11 Å². The van der Waals surface area contributed by atoms with Gasteiger partial charge in [0.2, 0.25) is 0 Å². The van der Waals surface area contributed by atoms with Crippen molar-refractivity contribution in [2.24, 2.45) is 0 Å². The highest BCUT2D eigenvalue weighted by Gasteiger charge is 2.39. The molecule has 0 bridgehead atoms. The number of ether oxygens (including phenoxy) is 1. The summed E-state index contributed by atoms with van der Waals surface area (Å²) in [6, 6.07) is 12.6. The third kappa shape index (κ3) is 2.86. The highest BCUT2D eigenvalue weighted by Crippen LogP contribution is 2.33. The molecule has 0 unspecified atom stereocenters. The van der Waals surface area contributed by atoms with Crippen LogP contribution in [0.4, 0.5) is 0 Å². The predicted octanol–water partition coefficient (Wildman–Crippen LogP) is 3.06. The zero-order chi connectivity index (χ0) is 17.3. The molecule has 0 aliphatic carbocycles. The molecule has 1 atom stereocenters. The van der Waals surface area contributed by atoms with Crippen molar-refractivity contribution in [1.82, 2.24) is 5.32 Å². The number of Topliss-reactive ketones (excluding diaryl/α,β-unsaturated/α-hetero) is 1. The van der Waals surface area contributed by atoms with Crippen LogP contribution in [0.1, 0.15) is 17.2 Å². The predicted molar refractivity (Wildman–Crippen MR) is 89.9 cm³/mol. The van der Waals surface area contributed by atoms with Gasteiger partial charge in [-0.25, -0.2) is 0 Å². The molecule has 1 amide bonds. The molecular formula is C18H14ClNO4. The Morgan fingerprint density at radius 3 is 2.29 bits per heavy atom. The van der Waals surface area contributed by atoms with Crippen molar-refractivity contribution in [3.8, 4) is 5.75 Å². The zero-order valence-electron chi connectivity index (χ0n) is 12.7. The van der Waals surface area contributed by atoms with Crippen LogP contribution in [-0.2, 0) is 9.59 Å². The lowest BCUT2D eigenvalue weighted by atomic mass is 9.96. The molecule has 122 valence electrons. The summed E-state index contributed by atoms with van der Waals surface area (Å²) in [6.07, 6.45) is 0. The van der Waals surface area contributed by atoms with E-state index in [0.29, 0.717) is 21.9 Å². The van der Waals surface area contributed by atoms with E-state index in [1.807, 2.05) is 0 Å². The van der Waals surface area contributed by atoms with Gasteiger partial charge >= 0.3 is 0 Å². The van der Waals surface area contributed by atoms with Gasteiger partial charge in [0.1, 0.15) is 11.5 Å². The lowest BCUT2D eigenvalue weighted by Crippen LogP contribution is -2.21. The van der Waals surface area contributed by atoms with Crippen LogP contribution in [-0.4, -0.2) is 23.9 Å². The summed E-state index contributed by atoms with van der Waals surface area (Å²) in [5.41, 5.74) is 1.11. The molecule has 2 aromatic carbocycles. The van der Waals surface area contributed by atoms with Gasteiger partial charge in [-0.05, 0) is 42.0 Å². The minimum Gasteiger partial charge on any atom is -0.507 e. The van der Waals surface area contributed by atoms with E-state index in [1.165, 1.54) is 0 Å². The van der Waals surface area contributed by atoms with Crippen LogP contribution < -0.4 is 10.1 Å². The average molecular weight is 344 g/mol. The van der Waals surface area contributed by atoms with E-state index < -0.39 is 17.7 Å². The van der Waals surface area contributed by atoms with E-state index in [9.17, 15) is 14.7 Å². The minimum absolute atomic E-state index is 0.0208. The van der Waals surface area contributed by atoms with E-state index in [2.05, 4.69) is 5.32 Å². The second kappa shape index (κ2) is 6.37. The number of halogens is 1. The molecule has 3 rings (SSSR count). The van der Waals surface area contributed by atoms with Crippen molar-refractivity contribution in [3.63, 3.8) is 0 Å². The first-order valence-electron chi connectivity index (χ1n) is 7.19. The number of hydrogen-bond donors (Lipinski definition) is 2. The summed E-state index contributed by atoms with van der Waals surface area (Å²) >= 11 is 5.84. The number of methoxy groups -OCH3 is 1. The van der Waals surface area contributed by atoms with E-state index in [-0.39, 0.29) is 11.3 Å². The Morgan fingerprint density at radius 1 is 1.08 bits per heavy atom. The normalized spacial score (nSPS) is 19.2. The van der Waals surface area contributed by atoms with Crippen LogP contribution in [0.3, 0.4) is 0 Å². The van der Waals surface area contributed by atoms with Crippen LogP contribution in [0.25, 0.3) is 5.76 Å². The van der Waals surface area contributed by atoms with Crippen molar-refractivity contribution >= 4 is 29.1 Å². The van der Waals surface area contributed by atoms with Gasteiger partial charge in [-0.3, -0.25) is 9.59 Å². The number of benzene rings is 2. The molecule has 1 aliphatic heterocycles. The van der Waals surface area contributed by atoms with E-state index >= 15 is 0 Å². The van der Waals surface area contributed by atoms with Crippen molar-refractivity contribution in [2.45, 2.75) is 6.04 Å². The molecule has 0 radical (unpaired) electrons. The summed E-state index contributed by atoms with van der Waals surface area (Å²) < 4.78 is 5.10. The van der Waals surface area contributed by atoms with Crippen molar-refractivity contribution in [3.05, 3.63) is 70.3 Å². The monoisotopic (exact) mass is 343 g/mol. The quantitative estimate of drug-likeness (QED) is 0.510. The zero-order valence-corrected chi connectivity index (χ0v) is 13.5. The SMILES string of the molecule is COc1ccc([C@H]2NC(=O)C(=O)C2=C(O)c2ccc(Cl)cc2)cc1. The summed E-state index contributed by atoms with van der Waals surface area (Å²) in [4.78, 5) is 24.0. The molecule has 6 heteroatoms. The molecule has 0 spiro atoms. The number of aliphatic hydroxyl groups excluding tert-OH is 1. The molecule has 2 N–H and O–H groups in total. The van der Waals surface area contributed by atoms with Crippen LogP contribution in [0, 0.1) is 0 Å². The fraction of sp³-hybridized carbons (Fsp3) is 0.111. The fourth-order valence-electron chi connectivity index (χ4n) is 2.58. The van der Waals surface area contributed by atoms with Gasteiger partial charge in [0.15, 0.2) is 0 Å². The Labute approximate surface area is 143 Å². The van der Waals surface area contributed by atoms with Gasteiger partial charge in [0, 0.05) is 10.6 Å². The van der Waals surface area contributed by atoms with E-state index in [1.54, 1.807) is 55.6 Å². The summed E-state index contributed by atoms with van der Waals surface area (Å²) in [5.74, 6) is -1.08. The smallest absolute Gasteiger partial charge is 0.293 e. The third-order valence-corrected chi connectivity index (χ3v) is 4.09. The number of ketones is 1. The maximum absolute atomic E-state index is 12.2. The maximum Gasteiger partial charge on any atom is 0.293 e. The number of rotatable bonds is 3. The maximum atomic E-state index is 12.2. The van der Waals surface area contributed by atoms with Crippen LogP contribution >= 0.6 is 11.6 Å². The number of carbonyl (C=O) groups is 2. The van der Waals surface area contributed by atoms with Gasteiger partial charge in [-0.15, -0.1) is 0 Å². The van der Waals surface area contributed by atoms with Gasteiger partial charge in [0.25, 0.3) is 11.7 Å². The molecule has 1 heterocycles. The molecule has 1 fully saturated rings. The Bertz CT molecular complexity index is 825. The first kappa shape index (κ1) is 16.1. The number of nitrogens with one attached hydrogen (secondary N) is 1. The summed E-state index contributed by atoms with van der Waals surface area (Å²) in [6.45, 7) is 0. The van der Waals surface area contributed by atoms with E-state index in [0.717, 1.165) is 0 Å². The summed E-state index contributed by atoms with van der Waals surface area (Å²) in [5, 5.41) is 13.6. The second-order valence-corrected chi connectivity index (χ2v) is 5.71. The van der Waals surface area contributed by atoms with Crippen LogP contribution in [0.2, 0.25) is 5.02 Å². The Balaban J connectivity index is 2.07. The Hall–Kier alpha value is -2.79. The lowest BCUT2D eigenvalue weighted by molar-refractivity contribution is -0.133. The molecule has 5 nitrogen and oxygen atoms in total. The highest BCUT2D eigenvalue weighted by atomic mass is 35.5. The minimum atomic E-state index is -0.747. The molecule has 1 saturated heterocycles. The van der Waals surface area contributed by atoms with Crippen LogP contribution in [0.15, 0.2) is 54.1 Å². The molecule has 0 aromatic heterocycles. The standard InChI is InChI=1S/C18H14ClNO4/c1-24-13-8-4-10(5-9-13)15-14(17(22)18(23)20-15)16(21)11-2-6-12(19)7-3-11/h2-9,15,21H,1H3,(H,20,23)/t15-/m1/s1. The number of hydrogen-bond acceptors (Lipinski definition) is 4. The van der Waals surface area contributed by atoms with Gasteiger partial charge in [-0.2, -0.15) is 0 Å². The average Bonchev–Trinajstić information content (AvgIpc) is 2.90. The Kier molecular flexibility index (Phi) is 4.27. The Morgan fingerprint density at radius 2 is 1.71 bits per heavy atom. The lowest BCUT2D eigenvalue weighted by Gasteiger charge is -2.14. The van der Waals surface area contributed by atoms with Crippen molar-refractivity contribution < 1.29 is 19.4 Å². The first-order valence-corrected chi connectivity index (χ1v) is 7.57. The largest absolute Gasteiger partial charge is 0.507 e. The number of carbonyl (C=O) groups excluding carboxylic acids is 2. The first-order chi connectivity index (χ1) is 11.5. The summed E-state index contributed by atoms with van der Waals surface area (Å²) in [7, 11) is 1.55. The van der Waals surface area contributed by atoms with E-state index in [4.69, 9.17) is 16.3 Å². The fourth-order valence-corrected chi connectivity index (χ4v) is 2.70. The van der Waals surface area contributed by atoms with Gasteiger partial charge in [0.05, 0.1) is 18.7 Å². The van der Waals surface area contributed by atoms with Gasteiger partial charge < -0.3 is 15.2 Å². The number of amides is 1. The highest BCUT2D eigenvalue weighted by molar-refractivity contribution is 6.46. The van der Waals surface area contributed by atoms with Crippen LogP contribution in [0.5, 0.6) is 5.75 Å². The number of aliphatic hydroxyl groups is 1. The molecule has 2 aromatic rings. The molecular weight excluding hydrogens is 330 g/mol. The van der Waals surface area contributed by atoms with Crippen molar-refractivity contribution in [1.29, 1.82) is 0 Å². The van der Waals surface area contributed by atoms with Gasteiger partial charge in [-0.1, -0.05) is 23.7 Å². The molecule has 24 heavy (non-hydrogen) atoms. The molecule has 1 aliphatic rings. The second-order valence-electron chi connectivity index (χ2n) is 5.28. The third-order valence-electron chi connectivity index (χ3n) is 3.84. The topological polar surface area (TPSA) is 75.6 Å².